The number of hydrogen-bond donors (Lipinski definition) is 2. The van der Waals surface area contributed by atoms with Gasteiger partial charge in [0.05, 0.1) is 0 Å². The molecular weight excluding hydrogens is 327 g/mol. The number of aromatic hydroxyl groups is 1. The van der Waals surface area contributed by atoms with E-state index in [9.17, 15) is 14.5 Å². The molecule has 1 aromatic rings. The number of aryl methyl sites for hydroxylation is 1. The van der Waals surface area contributed by atoms with E-state index in [1.807, 2.05) is 53.7 Å². The van der Waals surface area contributed by atoms with E-state index in [1.165, 1.54) is 0 Å². The fourth-order valence-corrected chi connectivity index (χ4v) is 2.72. The summed E-state index contributed by atoms with van der Waals surface area (Å²) in [6, 6.07) is 3.87. The van der Waals surface area contributed by atoms with E-state index in [-0.39, 0.29) is 29.6 Å². The topological polar surface area (TPSA) is 83.8 Å². The molecule has 0 spiro atoms. The zero-order chi connectivity index (χ0) is 18.7. The standard InChI is InChI=1S/C18H27O5P/c1-17(2,3)14-9-12(7-8-13(19)11-23-24(21)22)10-15(16(14)20)18(4,5)6/h9-10H,7-8,11H2,1-6H3,(H-,20,21,22)/p+1. The van der Waals surface area contributed by atoms with E-state index in [0.717, 1.165) is 16.7 Å². The number of rotatable bonds is 6. The molecule has 0 saturated carbocycles. The molecule has 0 aromatic heterocycles. The van der Waals surface area contributed by atoms with Crippen molar-refractivity contribution in [1.29, 1.82) is 0 Å². The van der Waals surface area contributed by atoms with Crippen LogP contribution in [0.1, 0.15) is 64.7 Å². The van der Waals surface area contributed by atoms with Crippen LogP contribution in [0.2, 0.25) is 0 Å². The van der Waals surface area contributed by atoms with Crippen molar-refractivity contribution in [2.75, 3.05) is 6.61 Å². The summed E-state index contributed by atoms with van der Waals surface area (Å²) >= 11 is 0. The molecule has 6 heteroatoms. The smallest absolute Gasteiger partial charge is 0.507 e. The maximum atomic E-state index is 11.7. The van der Waals surface area contributed by atoms with E-state index in [1.54, 1.807) is 0 Å². The second-order valence-electron chi connectivity index (χ2n) is 8.09. The summed E-state index contributed by atoms with van der Waals surface area (Å²) in [6.45, 7) is 11.9. The molecule has 0 bridgehead atoms. The van der Waals surface area contributed by atoms with E-state index < -0.39 is 8.25 Å². The van der Waals surface area contributed by atoms with Crippen molar-refractivity contribution in [3.63, 3.8) is 0 Å². The van der Waals surface area contributed by atoms with Crippen molar-refractivity contribution in [2.45, 2.75) is 65.2 Å². The number of carbonyl (C=O) groups excluding carboxylic acids is 1. The molecule has 0 amide bonds. The van der Waals surface area contributed by atoms with Crippen molar-refractivity contribution in [3.05, 3.63) is 28.8 Å². The van der Waals surface area contributed by atoms with Crippen LogP contribution in [-0.4, -0.2) is 22.4 Å². The number of carbonyl (C=O) groups is 1. The lowest BCUT2D eigenvalue weighted by molar-refractivity contribution is -0.121. The number of phenolic OH excluding ortho intramolecular Hbond substituents is 1. The first-order chi connectivity index (χ1) is 10.8. The summed E-state index contributed by atoms with van der Waals surface area (Å²) in [6.07, 6.45) is 0.720. The first-order valence-corrected chi connectivity index (χ1v) is 9.13. The third kappa shape index (κ3) is 5.97. The van der Waals surface area contributed by atoms with Gasteiger partial charge in [-0.05, 0) is 33.9 Å². The highest BCUT2D eigenvalue weighted by Gasteiger charge is 2.26. The van der Waals surface area contributed by atoms with Crippen LogP contribution in [-0.2, 0) is 31.1 Å². The van der Waals surface area contributed by atoms with Crippen LogP contribution in [0.5, 0.6) is 5.75 Å². The minimum absolute atomic E-state index is 0.220. The molecule has 1 aromatic carbocycles. The van der Waals surface area contributed by atoms with E-state index in [2.05, 4.69) is 4.52 Å². The molecule has 0 aliphatic heterocycles. The number of benzene rings is 1. The maximum Gasteiger partial charge on any atom is 0.695 e. The normalized spacial score (nSPS) is 13.0. The summed E-state index contributed by atoms with van der Waals surface area (Å²) in [4.78, 5) is 20.3. The van der Waals surface area contributed by atoms with Gasteiger partial charge < -0.3 is 5.11 Å². The van der Waals surface area contributed by atoms with Gasteiger partial charge >= 0.3 is 8.25 Å². The fraction of sp³-hybridized carbons (Fsp3) is 0.611. The highest BCUT2D eigenvalue weighted by Crippen LogP contribution is 2.39. The fourth-order valence-electron chi connectivity index (χ4n) is 2.47. The van der Waals surface area contributed by atoms with Gasteiger partial charge in [-0.3, -0.25) is 4.79 Å². The number of ketones is 1. The summed E-state index contributed by atoms with van der Waals surface area (Å²) < 4.78 is 14.9. The molecule has 0 heterocycles. The van der Waals surface area contributed by atoms with Crippen molar-refractivity contribution in [3.8, 4) is 5.75 Å². The van der Waals surface area contributed by atoms with E-state index in [4.69, 9.17) is 4.89 Å². The molecule has 0 aliphatic carbocycles. The molecule has 5 nitrogen and oxygen atoms in total. The molecule has 134 valence electrons. The minimum Gasteiger partial charge on any atom is -0.507 e. The van der Waals surface area contributed by atoms with Crippen LogP contribution in [0.25, 0.3) is 0 Å². The Morgan fingerprint density at radius 2 is 1.54 bits per heavy atom. The van der Waals surface area contributed by atoms with Gasteiger partial charge in [0, 0.05) is 11.0 Å². The Morgan fingerprint density at radius 3 is 1.92 bits per heavy atom. The van der Waals surface area contributed by atoms with Gasteiger partial charge in [-0.25, -0.2) is 0 Å². The molecule has 0 aliphatic rings. The second kappa shape index (κ2) is 7.73. The lowest BCUT2D eigenvalue weighted by atomic mass is 9.78. The quantitative estimate of drug-likeness (QED) is 0.749. The summed E-state index contributed by atoms with van der Waals surface area (Å²) in [5, 5.41) is 10.7. The average molecular weight is 355 g/mol. The Hall–Kier alpha value is -1.29. The van der Waals surface area contributed by atoms with Crippen molar-refractivity contribution in [2.24, 2.45) is 0 Å². The van der Waals surface area contributed by atoms with Gasteiger partial charge in [0.25, 0.3) is 0 Å². The molecule has 0 fully saturated rings. The van der Waals surface area contributed by atoms with Crippen molar-refractivity contribution >= 4 is 14.0 Å². The van der Waals surface area contributed by atoms with E-state index in [0.29, 0.717) is 12.2 Å². The van der Waals surface area contributed by atoms with Gasteiger partial charge in [0.15, 0.2) is 12.4 Å². The number of phenols is 1. The van der Waals surface area contributed by atoms with Gasteiger partial charge in [-0.2, -0.15) is 0 Å². The molecule has 1 unspecified atom stereocenters. The third-order valence-corrected chi connectivity index (χ3v) is 4.16. The van der Waals surface area contributed by atoms with Crippen LogP contribution in [0.3, 0.4) is 0 Å². The zero-order valence-corrected chi connectivity index (χ0v) is 16.2. The average Bonchev–Trinajstić information content (AvgIpc) is 2.41. The first kappa shape index (κ1) is 20.8. The molecular formula is C18H28O5P+. The van der Waals surface area contributed by atoms with Gasteiger partial charge in [-0.1, -0.05) is 53.7 Å². The Morgan fingerprint density at radius 1 is 1.08 bits per heavy atom. The third-order valence-electron chi connectivity index (χ3n) is 3.81. The monoisotopic (exact) mass is 355 g/mol. The second-order valence-corrected chi connectivity index (χ2v) is 8.82. The SMILES string of the molecule is CC(C)(C)c1cc(CCC(=O)CO[P+](=O)O)cc(C(C)(C)C)c1O. The van der Waals surface area contributed by atoms with E-state index >= 15 is 0 Å². The summed E-state index contributed by atoms with van der Waals surface area (Å²) in [7, 11) is -2.75. The van der Waals surface area contributed by atoms with Crippen LogP contribution in [0, 0.1) is 0 Å². The van der Waals surface area contributed by atoms with Crippen molar-refractivity contribution < 1.29 is 23.9 Å². The highest BCUT2D eigenvalue weighted by molar-refractivity contribution is 7.32. The predicted molar refractivity (Wildman–Crippen MR) is 94.6 cm³/mol. The predicted octanol–water partition coefficient (Wildman–Crippen LogP) is 4.16. The highest BCUT2D eigenvalue weighted by atomic mass is 31.1. The molecule has 0 radical (unpaired) electrons. The largest absolute Gasteiger partial charge is 0.695 e. The molecule has 0 saturated heterocycles. The molecule has 2 N–H and O–H groups in total. The van der Waals surface area contributed by atoms with Gasteiger partial charge in [0.1, 0.15) is 5.75 Å². The summed E-state index contributed by atoms with van der Waals surface area (Å²) in [5.74, 6) is 0.0841. The van der Waals surface area contributed by atoms with Crippen LogP contribution >= 0.6 is 8.25 Å². The van der Waals surface area contributed by atoms with Crippen LogP contribution < -0.4 is 0 Å². The minimum atomic E-state index is -2.75. The number of Topliss-reactive ketones (excluding diaryl/α,β-unsaturated/α-hetero) is 1. The lowest BCUT2D eigenvalue weighted by Crippen LogP contribution is -2.18. The molecule has 24 heavy (non-hydrogen) atoms. The Balaban J connectivity index is 3.07. The lowest BCUT2D eigenvalue weighted by Gasteiger charge is -2.28. The zero-order valence-electron chi connectivity index (χ0n) is 15.3. The number of hydrogen-bond acceptors (Lipinski definition) is 4. The summed E-state index contributed by atoms with van der Waals surface area (Å²) in [5.41, 5.74) is 2.23. The molecule has 1 rings (SSSR count). The Bertz CT molecular complexity index is 588. The Labute approximate surface area is 145 Å². The van der Waals surface area contributed by atoms with Crippen LogP contribution in [0.4, 0.5) is 0 Å². The van der Waals surface area contributed by atoms with Gasteiger partial charge in [0.2, 0.25) is 0 Å². The Kier molecular flexibility index (Phi) is 6.68. The van der Waals surface area contributed by atoms with Crippen LogP contribution in [0.15, 0.2) is 12.1 Å². The van der Waals surface area contributed by atoms with Gasteiger partial charge in [-0.15, -0.1) is 9.42 Å². The first-order valence-electron chi connectivity index (χ1n) is 8.00. The molecule has 1 atom stereocenters. The van der Waals surface area contributed by atoms with Crippen molar-refractivity contribution in [1.82, 2.24) is 0 Å². The maximum absolute atomic E-state index is 11.7.